The summed E-state index contributed by atoms with van der Waals surface area (Å²) in [6.07, 6.45) is 1.40. The highest BCUT2D eigenvalue weighted by Gasteiger charge is 2.20. The molecule has 192 valence electrons. The maximum atomic E-state index is 12.8. The molecule has 0 aliphatic carbocycles. The predicted molar refractivity (Wildman–Crippen MR) is 143 cm³/mol. The van der Waals surface area contributed by atoms with E-state index in [0.29, 0.717) is 24.4 Å². The van der Waals surface area contributed by atoms with Crippen molar-refractivity contribution in [1.82, 2.24) is 9.29 Å². The number of aromatic nitrogens is 1. The van der Waals surface area contributed by atoms with Crippen LogP contribution in [0.4, 0.5) is 10.5 Å². The van der Waals surface area contributed by atoms with E-state index in [4.69, 9.17) is 4.74 Å². The molecule has 2 amide bonds. The zero-order chi connectivity index (χ0) is 26.6. The third-order valence-electron chi connectivity index (χ3n) is 5.72. The van der Waals surface area contributed by atoms with E-state index < -0.39 is 22.0 Å². The average Bonchev–Trinajstić information content (AvgIpc) is 3.24. The summed E-state index contributed by atoms with van der Waals surface area (Å²) >= 11 is 0. The summed E-state index contributed by atoms with van der Waals surface area (Å²) in [6.45, 7) is 6.50. The van der Waals surface area contributed by atoms with Gasteiger partial charge < -0.3 is 9.30 Å². The van der Waals surface area contributed by atoms with Gasteiger partial charge in [0.15, 0.2) is 0 Å². The largest absolute Gasteiger partial charge is 0.449 e. The minimum atomic E-state index is -3.99. The monoisotopic (exact) mass is 519 g/mol. The third kappa shape index (κ3) is 6.37. The number of rotatable bonds is 8. The Bertz CT molecular complexity index is 1560. The SMILES string of the molecule is Cc1ccccc1S(=O)(=O)NC(=O)c1ccc2c(ccn2Cc2cccc(NC(=O)OCC(C)C)c2)c1. The van der Waals surface area contributed by atoms with Crippen LogP contribution in [-0.2, 0) is 21.3 Å². The molecule has 0 aliphatic rings. The van der Waals surface area contributed by atoms with Crippen LogP contribution < -0.4 is 10.0 Å². The van der Waals surface area contributed by atoms with Gasteiger partial charge in [-0.05, 0) is 66.4 Å². The summed E-state index contributed by atoms with van der Waals surface area (Å²) in [4.78, 5) is 24.8. The second-order valence-electron chi connectivity index (χ2n) is 9.24. The second-order valence-corrected chi connectivity index (χ2v) is 10.9. The Morgan fingerprint density at radius 1 is 0.973 bits per heavy atom. The minimum Gasteiger partial charge on any atom is -0.449 e. The lowest BCUT2D eigenvalue weighted by atomic mass is 10.1. The number of ether oxygens (including phenoxy) is 1. The third-order valence-corrected chi connectivity index (χ3v) is 7.21. The predicted octanol–water partition coefficient (Wildman–Crippen LogP) is 5.32. The first-order chi connectivity index (χ1) is 17.6. The normalized spacial score (nSPS) is 11.5. The summed E-state index contributed by atoms with van der Waals surface area (Å²) in [5.41, 5.74) is 3.28. The molecule has 0 unspecified atom stereocenters. The van der Waals surface area contributed by atoms with Gasteiger partial charge in [0.2, 0.25) is 0 Å². The van der Waals surface area contributed by atoms with Crippen LogP contribution in [0.5, 0.6) is 0 Å². The highest BCUT2D eigenvalue weighted by atomic mass is 32.2. The van der Waals surface area contributed by atoms with Gasteiger partial charge in [-0.25, -0.2) is 17.9 Å². The van der Waals surface area contributed by atoms with Crippen molar-refractivity contribution in [2.24, 2.45) is 5.92 Å². The fraction of sp³-hybridized carbons (Fsp3) is 0.214. The smallest absolute Gasteiger partial charge is 0.411 e. The number of carbonyl (C=O) groups excluding carboxylic acids is 2. The number of fused-ring (bicyclic) bond motifs is 1. The molecule has 4 rings (SSSR count). The average molecular weight is 520 g/mol. The minimum absolute atomic E-state index is 0.0699. The van der Waals surface area contributed by atoms with Crippen molar-refractivity contribution in [3.8, 4) is 0 Å². The number of amides is 2. The van der Waals surface area contributed by atoms with Gasteiger partial charge in [-0.1, -0.05) is 44.2 Å². The highest BCUT2D eigenvalue weighted by Crippen LogP contribution is 2.21. The van der Waals surface area contributed by atoms with Gasteiger partial charge in [-0.2, -0.15) is 0 Å². The zero-order valence-electron chi connectivity index (χ0n) is 20.9. The summed E-state index contributed by atoms with van der Waals surface area (Å²) in [5, 5.41) is 3.54. The van der Waals surface area contributed by atoms with Gasteiger partial charge in [0.25, 0.3) is 15.9 Å². The fourth-order valence-electron chi connectivity index (χ4n) is 3.91. The van der Waals surface area contributed by atoms with Gasteiger partial charge in [-0.3, -0.25) is 10.1 Å². The number of nitrogens with one attached hydrogen (secondary N) is 2. The molecule has 8 nitrogen and oxygen atoms in total. The lowest BCUT2D eigenvalue weighted by molar-refractivity contribution is 0.0981. The van der Waals surface area contributed by atoms with Crippen molar-refractivity contribution in [3.05, 3.63) is 95.7 Å². The molecule has 4 aromatic rings. The Hall–Kier alpha value is -4.11. The first-order valence-corrected chi connectivity index (χ1v) is 13.3. The first kappa shape index (κ1) is 26.0. The molecule has 0 fully saturated rings. The second kappa shape index (κ2) is 10.9. The lowest BCUT2D eigenvalue weighted by Gasteiger charge is -2.11. The summed E-state index contributed by atoms with van der Waals surface area (Å²) in [7, 11) is -3.99. The molecule has 3 aromatic carbocycles. The van der Waals surface area contributed by atoms with Crippen LogP contribution in [0.1, 0.15) is 35.3 Å². The Labute approximate surface area is 216 Å². The Morgan fingerprint density at radius 2 is 1.76 bits per heavy atom. The molecule has 0 spiro atoms. The number of benzene rings is 3. The first-order valence-electron chi connectivity index (χ1n) is 11.9. The maximum absolute atomic E-state index is 12.8. The maximum Gasteiger partial charge on any atom is 0.411 e. The number of aryl methyl sites for hydroxylation is 1. The van der Waals surface area contributed by atoms with E-state index in [-0.39, 0.29) is 16.4 Å². The van der Waals surface area contributed by atoms with E-state index in [9.17, 15) is 18.0 Å². The molecule has 0 saturated carbocycles. The van der Waals surface area contributed by atoms with Crippen LogP contribution in [0.3, 0.4) is 0 Å². The van der Waals surface area contributed by atoms with E-state index in [1.54, 1.807) is 49.4 Å². The molecule has 2 N–H and O–H groups in total. The number of anilines is 1. The van der Waals surface area contributed by atoms with E-state index >= 15 is 0 Å². The number of nitrogens with zero attached hydrogens (tertiary/aromatic N) is 1. The van der Waals surface area contributed by atoms with Crippen molar-refractivity contribution >= 4 is 38.6 Å². The van der Waals surface area contributed by atoms with Gasteiger partial charge in [-0.15, -0.1) is 0 Å². The molecular formula is C28H29N3O5S. The summed E-state index contributed by atoms with van der Waals surface area (Å²) < 4.78 is 34.7. The van der Waals surface area contributed by atoms with Gasteiger partial charge >= 0.3 is 6.09 Å². The molecule has 0 aliphatic heterocycles. The van der Waals surface area contributed by atoms with Crippen LogP contribution in [0.15, 0.2) is 83.9 Å². The van der Waals surface area contributed by atoms with Crippen LogP contribution >= 0.6 is 0 Å². The molecule has 1 aromatic heterocycles. The van der Waals surface area contributed by atoms with Gasteiger partial charge in [0.1, 0.15) is 0 Å². The van der Waals surface area contributed by atoms with Crippen molar-refractivity contribution in [3.63, 3.8) is 0 Å². The molecule has 0 radical (unpaired) electrons. The van der Waals surface area contributed by atoms with E-state index in [2.05, 4.69) is 10.0 Å². The number of carbonyl (C=O) groups is 2. The Morgan fingerprint density at radius 3 is 2.51 bits per heavy atom. The number of hydrogen-bond acceptors (Lipinski definition) is 5. The van der Waals surface area contributed by atoms with Crippen LogP contribution in [0.25, 0.3) is 10.9 Å². The quantitative estimate of drug-likeness (QED) is 0.328. The Kier molecular flexibility index (Phi) is 7.63. The molecule has 0 bridgehead atoms. The molecule has 1 heterocycles. The van der Waals surface area contributed by atoms with Crippen molar-refractivity contribution in [2.75, 3.05) is 11.9 Å². The van der Waals surface area contributed by atoms with Crippen molar-refractivity contribution in [1.29, 1.82) is 0 Å². The van der Waals surface area contributed by atoms with Crippen LogP contribution in [0, 0.1) is 12.8 Å². The molecule has 9 heteroatoms. The molecule has 0 atom stereocenters. The topological polar surface area (TPSA) is 107 Å². The van der Waals surface area contributed by atoms with Crippen LogP contribution in [0.2, 0.25) is 0 Å². The van der Waals surface area contributed by atoms with Crippen LogP contribution in [-0.4, -0.2) is 31.6 Å². The number of hydrogen-bond donors (Lipinski definition) is 2. The fourth-order valence-corrected chi connectivity index (χ4v) is 5.14. The van der Waals surface area contributed by atoms with E-state index in [0.717, 1.165) is 16.5 Å². The summed E-state index contributed by atoms with van der Waals surface area (Å²) in [5.74, 6) is -0.441. The van der Waals surface area contributed by atoms with Crippen molar-refractivity contribution < 1.29 is 22.7 Å². The molecule has 37 heavy (non-hydrogen) atoms. The lowest BCUT2D eigenvalue weighted by Crippen LogP contribution is -2.31. The Balaban J connectivity index is 1.47. The highest BCUT2D eigenvalue weighted by molar-refractivity contribution is 7.90. The van der Waals surface area contributed by atoms with E-state index in [1.807, 2.05) is 48.9 Å². The zero-order valence-corrected chi connectivity index (χ0v) is 21.7. The summed E-state index contributed by atoms with van der Waals surface area (Å²) in [6, 6.07) is 20.9. The molecular weight excluding hydrogens is 490 g/mol. The molecule has 0 saturated heterocycles. The van der Waals surface area contributed by atoms with Gasteiger partial charge in [0, 0.05) is 34.9 Å². The number of sulfonamides is 1. The standard InChI is InChI=1S/C28H29N3O5S/c1-19(2)18-36-28(33)29-24-9-6-8-21(15-24)17-31-14-13-22-16-23(11-12-25(22)31)27(32)30-37(34,35)26-10-5-4-7-20(26)3/h4-16,19H,17-18H2,1-3H3,(H,29,33)(H,30,32). The van der Waals surface area contributed by atoms with Gasteiger partial charge in [0.05, 0.1) is 11.5 Å². The van der Waals surface area contributed by atoms with Crippen molar-refractivity contribution in [2.45, 2.75) is 32.2 Å². The van der Waals surface area contributed by atoms with E-state index in [1.165, 1.54) is 6.07 Å².